The minimum absolute atomic E-state index is 0.108. The van der Waals surface area contributed by atoms with E-state index in [2.05, 4.69) is 0 Å². The normalized spacial score (nSPS) is 11.8. The van der Waals surface area contributed by atoms with Crippen LogP contribution in [-0.2, 0) is 16.4 Å². The third-order valence-electron chi connectivity index (χ3n) is 3.16. The van der Waals surface area contributed by atoms with Crippen LogP contribution in [0, 0.1) is 0 Å². The first-order chi connectivity index (χ1) is 9.95. The molecule has 0 fully saturated rings. The van der Waals surface area contributed by atoms with Crippen molar-refractivity contribution in [3.63, 3.8) is 0 Å². The number of hydrogen-bond acceptors (Lipinski definition) is 5. The average molecular weight is 326 g/mol. The molecule has 1 aromatic carbocycles. The zero-order valence-corrected chi connectivity index (χ0v) is 13.6. The highest BCUT2D eigenvalue weighted by molar-refractivity contribution is 7.89. The number of nitrogen functional groups attached to an aromatic ring is 1. The zero-order chi connectivity index (χ0) is 15.5. The van der Waals surface area contributed by atoms with Crippen molar-refractivity contribution >= 4 is 27.0 Å². The van der Waals surface area contributed by atoms with E-state index in [9.17, 15) is 8.42 Å². The van der Waals surface area contributed by atoms with Gasteiger partial charge in [0.15, 0.2) is 0 Å². The lowest BCUT2D eigenvalue weighted by atomic mass is 10.3. The molecule has 2 aromatic rings. The van der Waals surface area contributed by atoms with Gasteiger partial charge in [-0.15, -0.1) is 11.3 Å². The standard InChI is InChI=1S/C14H18N2O3S2/c1-16(8-7-12-4-3-9-20-12)21(17,18)14-6-5-11(19-2)10-13(14)15/h3-6,9-10H,7-8,15H2,1-2H3. The number of sulfonamides is 1. The van der Waals surface area contributed by atoms with Crippen LogP contribution in [0.5, 0.6) is 5.75 Å². The summed E-state index contributed by atoms with van der Waals surface area (Å²) in [5, 5.41) is 1.98. The van der Waals surface area contributed by atoms with Gasteiger partial charge < -0.3 is 10.5 Å². The minimum Gasteiger partial charge on any atom is -0.497 e. The molecule has 0 spiro atoms. The predicted molar refractivity (Wildman–Crippen MR) is 85.2 cm³/mol. The number of hydrogen-bond donors (Lipinski definition) is 1. The highest BCUT2D eigenvalue weighted by Crippen LogP contribution is 2.26. The first kappa shape index (κ1) is 15.8. The molecule has 1 heterocycles. The van der Waals surface area contributed by atoms with Crippen molar-refractivity contribution in [2.45, 2.75) is 11.3 Å². The Morgan fingerprint density at radius 1 is 1.33 bits per heavy atom. The molecule has 0 aliphatic rings. The van der Waals surface area contributed by atoms with Crippen LogP contribution in [0.3, 0.4) is 0 Å². The lowest BCUT2D eigenvalue weighted by Crippen LogP contribution is -2.29. The fraction of sp³-hybridized carbons (Fsp3) is 0.286. The van der Waals surface area contributed by atoms with Crippen LogP contribution in [0.4, 0.5) is 5.69 Å². The third-order valence-corrected chi connectivity index (χ3v) is 6.03. The Labute approximate surface area is 129 Å². The second-order valence-corrected chi connectivity index (χ2v) is 7.61. The molecular formula is C14H18N2O3S2. The summed E-state index contributed by atoms with van der Waals surface area (Å²) in [6, 6.07) is 8.53. The molecule has 1 aromatic heterocycles. The van der Waals surface area contributed by atoms with Gasteiger partial charge in [0, 0.05) is 24.5 Å². The van der Waals surface area contributed by atoms with E-state index < -0.39 is 10.0 Å². The molecule has 0 saturated carbocycles. The number of rotatable bonds is 6. The summed E-state index contributed by atoms with van der Waals surface area (Å²) in [6.45, 7) is 0.411. The summed E-state index contributed by atoms with van der Waals surface area (Å²) in [5.74, 6) is 0.535. The summed E-state index contributed by atoms with van der Waals surface area (Å²) in [6.07, 6.45) is 0.684. The molecule has 0 saturated heterocycles. The van der Waals surface area contributed by atoms with E-state index in [1.54, 1.807) is 24.5 Å². The maximum Gasteiger partial charge on any atom is 0.244 e. The molecule has 5 nitrogen and oxygen atoms in total. The van der Waals surface area contributed by atoms with Crippen molar-refractivity contribution in [3.05, 3.63) is 40.6 Å². The van der Waals surface area contributed by atoms with Gasteiger partial charge in [-0.05, 0) is 30.0 Å². The summed E-state index contributed by atoms with van der Waals surface area (Å²) < 4.78 is 31.4. The Balaban J connectivity index is 2.16. The lowest BCUT2D eigenvalue weighted by Gasteiger charge is -2.18. The Morgan fingerprint density at radius 3 is 2.67 bits per heavy atom. The molecule has 2 rings (SSSR count). The van der Waals surface area contributed by atoms with Crippen LogP contribution in [0.15, 0.2) is 40.6 Å². The molecule has 0 radical (unpaired) electrons. The second-order valence-electron chi connectivity index (χ2n) is 4.56. The van der Waals surface area contributed by atoms with E-state index in [1.165, 1.54) is 23.5 Å². The first-order valence-electron chi connectivity index (χ1n) is 6.37. The van der Waals surface area contributed by atoms with Crippen molar-refractivity contribution < 1.29 is 13.2 Å². The maximum atomic E-state index is 12.5. The molecular weight excluding hydrogens is 308 g/mol. The van der Waals surface area contributed by atoms with Gasteiger partial charge in [0.25, 0.3) is 0 Å². The Bertz CT molecular complexity index is 697. The number of likely N-dealkylation sites (N-methyl/N-ethyl adjacent to an activating group) is 1. The van der Waals surface area contributed by atoms with E-state index in [-0.39, 0.29) is 10.6 Å². The summed E-state index contributed by atoms with van der Waals surface area (Å²) >= 11 is 1.62. The van der Waals surface area contributed by atoms with Crippen LogP contribution >= 0.6 is 11.3 Å². The molecule has 0 atom stereocenters. The monoisotopic (exact) mass is 326 g/mol. The number of benzene rings is 1. The second kappa shape index (κ2) is 6.46. The number of anilines is 1. The van der Waals surface area contributed by atoms with Gasteiger partial charge in [-0.25, -0.2) is 12.7 Å². The minimum atomic E-state index is -3.59. The Hall–Kier alpha value is -1.57. The summed E-state index contributed by atoms with van der Waals surface area (Å²) in [7, 11) is -0.518. The number of nitrogens with two attached hydrogens (primary N) is 1. The van der Waals surface area contributed by atoms with Crippen LogP contribution in [0.1, 0.15) is 4.88 Å². The summed E-state index contributed by atoms with van der Waals surface area (Å²) in [4.78, 5) is 1.26. The highest BCUT2D eigenvalue weighted by Gasteiger charge is 2.23. The van der Waals surface area contributed by atoms with Gasteiger partial charge in [0.1, 0.15) is 10.6 Å². The van der Waals surface area contributed by atoms with Crippen molar-refractivity contribution in [2.24, 2.45) is 0 Å². The molecule has 0 aliphatic heterocycles. The van der Waals surface area contributed by atoms with Crippen LogP contribution in [0.2, 0.25) is 0 Å². The zero-order valence-electron chi connectivity index (χ0n) is 11.9. The van der Waals surface area contributed by atoms with Gasteiger partial charge >= 0.3 is 0 Å². The van der Waals surface area contributed by atoms with Gasteiger partial charge in [0.2, 0.25) is 10.0 Å². The molecule has 0 aliphatic carbocycles. The molecule has 0 bridgehead atoms. The van der Waals surface area contributed by atoms with E-state index in [0.717, 1.165) is 4.88 Å². The number of thiophene rings is 1. The van der Waals surface area contributed by atoms with Crippen LogP contribution in [-0.4, -0.2) is 33.4 Å². The quantitative estimate of drug-likeness (QED) is 0.826. The first-order valence-corrected chi connectivity index (χ1v) is 8.69. The Morgan fingerprint density at radius 2 is 2.10 bits per heavy atom. The van der Waals surface area contributed by atoms with Crippen molar-refractivity contribution in [3.8, 4) is 5.75 Å². The number of ether oxygens (including phenoxy) is 1. The smallest absolute Gasteiger partial charge is 0.244 e. The SMILES string of the molecule is COc1ccc(S(=O)(=O)N(C)CCc2cccs2)c(N)c1. The topological polar surface area (TPSA) is 72.6 Å². The third kappa shape index (κ3) is 3.55. The molecule has 2 N–H and O–H groups in total. The van der Waals surface area contributed by atoms with Crippen molar-refractivity contribution in [2.75, 3.05) is 26.4 Å². The largest absolute Gasteiger partial charge is 0.497 e. The van der Waals surface area contributed by atoms with Crippen molar-refractivity contribution in [1.29, 1.82) is 0 Å². The fourth-order valence-corrected chi connectivity index (χ4v) is 3.86. The summed E-state index contributed by atoms with van der Waals surface area (Å²) in [5.41, 5.74) is 6.02. The molecule has 7 heteroatoms. The van der Waals surface area contributed by atoms with Gasteiger partial charge in [-0.1, -0.05) is 6.07 Å². The number of methoxy groups -OCH3 is 1. The molecule has 21 heavy (non-hydrogen) atoms. The predicted octanol–water partition coefficient (Wildman–Crippen LogP) is 2.20. The Kier molecular flexibility index (Phi) is 4.87. The van der Waals surface area contributed by atoms with Gasteiger partial charge in [-0.2, -0.15) is 0 Å². The van der Waals surface area contributed by atoms with Crippen molar-refractivity contribution in [1.82, 2.24) is 4.31 Å². The highest BCUT2D eigenvalue weighted by atomic mass is 32.2. The van der Waals surface area contributed by atoms with E-state index in [1.807, 2.05) is 17.5 Å². The molecule has 0 amide bonds. The molecule has 0 unspecified atom stereocenters. The van der Waals surface area contributed by atoms with E-state index >= 15 is 0 Å². The van der Waals surface area contributed by atoms with E-state index in [0.29, 0.717) is 18.7 Å². The van der Waals surface area contributed by atoms with Gasteiger partial charge in [0.05, 0.1) is 12.8 Å². The van der Waals surface area contributed by atoms with Crippen LogP contribution in [0.25, 0.3) is 0 Å². The average Bonchev–Trinajstić information content (AvgIpc) is 2.97. The lowest BCUT2D eigenvalue weighted by molar-refractivity contribution is 0.414. The fourth-order valence-electron chi connectivity index (χ4n) is 1.90. The van der Waals surface area contributed by atoms with E-state index in [4.69, 9.17) is 10.5 Å². The molecule has 114 valence electrons. The maximum absolute atomic E-state index is 12.5. The number of nitrogens with zero attached hydrogens (tertiary/aromatic N) is 1. The van der Waals surface area contributed by atoms with Crippen LogP contribution < -0.4 is 10.5 Å². The van der Waals surface area contributed by atoms with Gasteiger partial charge in [-0.3, -0.25) is 0 Å².